The summed E-state index contributed by atoms with van der Waals surface area (Å²) in [7, 11) is 0. The molecule has 1 heterocycles. The van der Waals surface area contributed by atoms with Gasteiger partial charge in [0.05, 0.1) is 11.8 Å². The van der Waals surface area contributed by atoms with Crippen LogP contribution in [-0.2, 0) is 12.2 Å². The minimum atomic E-state index is 0.517. The van der Waals surface area contributed by atoms with Crippen LogP contribution in [0, 0.1) is 11.3 Å². The zero-order valence-electron chi connectivity index (χ0n) is 10.2. The van der Waals surface area contributed by atoms with Crippen LogP contribution < -0.4 is 0 Å². The van der Waals surface area contributed by atoms with E-state index >= 15 is 0 Å². The lowest BCUT2D eigenvalue weighted by atomic mass is 10.2. The summed E-state index contributed by atoms with van der Waals surface area (Å²) < 4.78 is 6.20. The zero-order chi connectivity index (χ0) is 13.5. The van der Waals surface area contributed by atoms with Crippen molar-refractivity contribution in [1.82, 2.24) is 10.1 Å². The first-order valence-corrected chi connectivity index (χ1v) is 7.63. The molecule has 1 aromatic carbocycles. The van der Waals surface area contributed by atoms with Gasteiger partial charge >= 0.3 is 0 Å². The number of thioether (sulfide) groups is 1. The van der Waals surface area contributed by atoms with Gasteiger partial charge < -0.3 is 4.52 Å². The maximum absolute atomic E-state index is 8.46. The number of aryl methyl sites for hydroxylation is 1. The van der Waals surface area contributed by atoms with Crippen molar-refractivity contribution in [3.63, 3.8) is 0 Å². The number of rotatable bonds is 6. The summed E-state index contributed by atoms with van der Waals surface area (Å²) in [5.74, 6) is 1.97. The first kappa shape index (κ1) is 14.1. The van der Waals surface area contributed by atoms with E-state index in [1.165, 1.54) is 0 Å². The molecule has 2 rings (SSSR count). The van der Waals surface area contributed by atoms with Crippen LogP contribution in [0.1, 0.15) is 24.6 Å². The minimum absolute atomic E-state index is 0.517. The predicted octanol–water partition coefficient (Wildman–Crippen LogP) is 3.97. The third-order valence-corrected chi connectivity index (χ3v) is 4.41. The average Bonchev–Trinajstić information content (AvgIpc) is 2.86. The maximum Gasteiger partial charge on any atom is 0.226 e. The molecule has 0 aliphatic carbocycles. The van der Waals surface area contributed by atoms with Gasteiger partial charge in [0.15, 0.2) is 5.82 Å². The topological polar surface area (TPSA) is 62.7 Å². The van der Waals surface area contributed by atoms with Crippen LogP contribution in [0.3, 0.4) is 0 Å². The number of halogens is 1. The molecule has 0 aliphatic heterocycles. The molecule has 1 aromatic heterocycles. The molecule has 19 heavy (non-hydrogen) atoms. The molecule has 0 radical (unpaired) electrons. The number of hydrogen-bond donors (Lipinski definition) is 0. The molecule has 2 aromatic rings. The molecule has 0 amide bonds. The summed E-state index contributed by atoms with van der Waals surface area (Å²) in [5, 5.41) is 12.4. The smallest absolute Gasteiger partial charge is 0.226 e. The Morgan fingerprint density at radius 1 is 1.37 bits per heavy atom. The molecular weight excluding hydrogens is 326 g/mol. The van der Waals surface area contributed by atoms with E-state index in [1.54, 1.807) is 11.8 Å². The predicted molar refractivity (Wildman–Crippen MR) is 76.6 cm³/mol. The fourth-order valence-corrected chi connectivity index (χ4v) is 2.88. The third-order valence-electron chi connectivity index (χ3n) is 2.38. The van der Waals surface area contributed by atoms with Gasteiger partial charge in [0.2, 0.25) is 5.89 Å². The first-order chi connectivity index (χ1) is 9.29. The molecule has 0 unspecified atom stereocenters. The lowest BCUT2D eigenvalue weighted by Crippen LogP contribution is -1.87. The van der Waals surface area contributed by atoms with Gasteiger partial charge in [-0.25, -0.2) is 0 Å². The molecular formula is C13H12BrN3OS. The third kappa shape index (κ3) is 4.37. The molecule has 0 fully saturated rings. The molecule has 0 spiro atoms. The highest BCUT2D eigenvalue weighted by molar-refractivity contribution is 9.10. The highest BCUT2D eigenvalue weighted by Crippen LogP contribution is 2.28. The van der Waals surface area contributed by atoms with Crippen molar-refractivity contribution >= 4 is 27.7 Å². The Balaban J connectivity index is 1.87. The van der Waals surface area contributed by atoms with Gasteiger partial charge in [0.1, 0.15) is 0 Å². The first-order valence-electron chi connectivity index (χ1n) is 5.85. The van der Waals surface area contributed by atoms with E-state index < -0.39 is 0 Å². The van der Waals surface area contributed by atoms with Crippen LogP contribution >= 0.6 is 27.7 Å². The zero-order valence-corrected chi connectivity index (χ0v) is 12.6. The number of benzene rings is 1. The molecule has 0 N–H and O–H groups in total. The minimum Gasteiger partial charge on any atom is -0.339 e. The Bertz CT molecular complexity index is 579. The number of unbranched alkanes of at least 4 members (excludes halogenated alkanes) is 1. The highest BCUT2D eigenvalue weighted by atomic mass is 79.9. The largest absolute Gasteiger partial charge is 0.339 e. The summed E-state index contributed by atoms with van der Waals surface area (Å²) in [6.07, 6.45) is 1.94. The van der Waals surface area contributed by atoms with Gasteiger partial charge in [-0.1, -0.05) is 17.3 Å². The van der Waals surface area contributed by atoms with Crippen LogP contribution in [-0.4, -0.2) is 10.1 Å². The lowest BCUT2D eigenvalue weighted by molar-refractivity contribution is 0.372. The summed E-state index contributed by atoms with van der Waals surface area (Å²) >= 11 is 5.16. The van der Waals surface area contributed by atoms with Gasteiger partial charge in [0, 0.05) is 22.2 Å². The fraction of sp³-hybridized carbons (Fsp3) is 0.308. The second kappa shape index (κ2) is 7.31. The van der Waals surface area contributed by atoms with Crippen LogP contribution in [0.25, 0.3) is 0 Å². The molecule has 0 bridgehead atoms. The number of hydrogen-bond acceptors (Lipinski definition) is 5. The van der Waals surface area contributed by atoms with E-state index in [9.17, 15) is 0 Å². The molecule has 0 aliphatic rings. The van der Waals surface area contributed by atoms with Gasteiger partial charge in [-0.05, 0) is 34.5 Å². The summed E-state index contributed by atoms with van der Waals surface area (Å²) in [6.45, 7) is 0. The molecule has 0 saturated carbocycles. The number of nitriles is 1. The summed E-state index contributed by atoms with van der Waals surface area (Å²) in [5.41, 5.74) is 0. The Morgan fingerprint density at radius 3 is 3.00 bits per heavy atom. The van der Waals surface area contributed by atoms with Crippen molar-refractivity contribution < 1.29 is 4.52 Å². The summed E-state index contributed by atoms with van der Waals surface area (Å²) in [4.78, 5) is 5.45. The normalized spacial score (nSPS) is 10.3. The molecule has 4 nitrogen and oxygen atoms in total. The van der Waals surface area contributed by atoms with E-state index in [-0.39, 0.29) is 0 Å². The van der Waals surface area contributed by atoms with Crippen molar-refractivity contribution in [1.29, 1.82) is 5.26 Å². The summed E-state index contributed by atoms with van der Waals surface area (Å²) in [6, 6.07) is 10.1. The lowest BCUT2D eigenvalue weighted by Gasteiger charge is -2.00. The molecule has 0 saturated heterocycles. The van der Waals surface area contributed by atoms with Crippen molar-refractivity contribution in [3.05, 3.63) is 40.5 Å². The van der Waals surface area contributed by atoms with Gasteiger partial charge in [-0.3, -0.25) is 0 Å². The SMILES string of the molecule is N#CCCCc1nc(CSc2ccccc2Br)no1. The fourth-order valence-electron chi connectivity index (χ4n) is 1.47. The number of aromatic nitrogens is 2. The number of nitrogens with zero attached hydrogens (tertiary/aromatic N) is 3. The van der Waals surface area contributed by atoms with E-state index in [2.05, 4.69) is 32.1 Å². The van der Waals surface area contributed by atoms with Gasteiger partial charge in [-0.2, -0.15) is 10.2 Å². The van der Waals surface area contributed by atoms with Crippen LogP contribution in [0.5, 0.6) is 0 Å². The average molecular weight is 338 g/mol. The van der Waals surface area contributed by atoms with Crippen molar-refractivity contribution in [3.8, 4) is 6.07 Å². The standard InChI is InChI=1S/C13H12BrN3OS/c14-10-5-1-2-6-11(10)19-9-12-16-13(18-17-12)7-3-4-8-15/h1-2,5-6H,3-4,7,9H2. The Hall–Kier alpha value is -1.32. The second-order valence-corrected chi connectivity index (χ2v) is 5.71. The van der Waals surface area contributed by atoms with Gasteiger partial charge in [0.25, 0.3) is 0 Å². The monoisotopic (exact) mass is 337 g/mol. The van der Waals surface area contributed by atoms with Crippen molar-refractivity contribution in [2.24, 2.45) is 0 Å². The van der Waals surface area contributed by atoms with E-state index in [4.69, 9.17) is 9.78 Å². The second-order valence-electron chi connectivity index (χ2n) is 3.84. The van der Waals surface area contributed by atoms with Crippen molar-refractivity contribution in [2.45, 2.75) is 29.9 Å². The van der Waals surface area contributed by atoms with Crippen molar-refractivity contribution in [2.75, 3.05) is 0 Å². The maximum atomic E-state index is 8.46. The Morgan fingerprint density at radius 2 is 2.21 bits per heavy atom. The Kier molecular flexibility index (Phi) is 5.43. The van der Waals surface area contributed by atoms with Crippen LogP contribution in [0.4, 0.5) is 0 Å². The van der Waals surface area contributed by atoms with E-state index in [0.29, 0.717) is 30.3 Å². The molecule has 0 atom stereocenters. The molecule has 6 heteroatoms. The van der Waals surface area contributed by atoms with Crippen LogP contribution in [0.2, 0.25) is 0 Å². The van der Waals surface area contributed by atoms with Gasteiger partial charge in [-0.15, -0.1) is 11.8 Å². The van der Waals surface area contributed by atoms with E-state index in [0.717, 1.165) is 15.8 Å². The van der Waals surface area contributed by atoms with Crippen LogP contribution in [0.15, 0.2) is 38.2 Å². The highest BCUT2D eigenvalue weighted by Gasteiger charge is 2.07. The van der Waals surface area contributed by atoms with E-state index in [1.807, 2.05) is 24.3 Å². The Labute approximate surface area is 124 Å². The molecule has 98 valence electrons. The quantitative estimate of drug-likeness (QED) is 0.589.